The predicted molar refractivity (Wildman–Crippen MR) is 60.8 cm³/mol. The Morgan fingerprint density at radius 2 is 1.67 bits per heavy atom. The average molecular weight is 258 g/mol. The summed E-state index contributed by atoms with van der Waals surface area (Å²) in [5.41, 5.74) is -2.05. The SMILES string of the molecule is C=C(C(=O)OC(C)(C)c1ccccc1)C(F)(F)F. The summed E-state index contributed by atoms with van der Waals surface area (Å²) in [6, 6.07) is 8.52. The highest BCUT2D eigenvalue weighted by Crippen LogP contribution is 2.30. The van der Waals surface area contributed by atoms with Gasteiger partial charge in [0.25, 0.3) is 0 Å². The fraction of sp³-hybridized carbons (Fsp3) is 0.308. The first kappa shape index (κ1) is 14.3. The lowest BCUT2D eigenvalue weighted by Crippen LogP contribution is -2.30. The average Bonchev–Trinajstić information content (AvgIpc) is 2.27. The van der Waals surface area contributed by atoms with E-state index < -0.39 is 23.3 Å². The van der Waals surface area contributed by atoms with Gasteiger partial charge in [0.05, 0.1) is 0 Å². The van der Waals surface area contributed by atoms with E-state index in [-0.39, 0.29) is 0 Å². The predicted octanol–water partition coefficient (Wildman–Crippen LogP) is 3.58. The third kappa shape index (κ3) is 3.35. The van der Waals surface area contributed by atoms with Crippen molar-refractivity contribution in [2.24, 2.45) is 0 Å². The molecule has 0 heterocycles. The number of halogens is 3. The smallest absolute Gasteiger partial charge is 0.422 e. The Bertz CT molecular complexity index is 447. The summed E-state index contributed by atoms with van der Waals surface area (Å²) in [6.07, 6.45) is -4.77. The number of carbonyl (C=O) groups excluding carboxylic acids is 1. The van der Waals surface area contributed by atoms with Gasteiger partial charge in [0.1, 0.15) is 11.2 Å². The van der Waals surface area contributed by atoms with Gasteiger partial charge in [-0.3, -0.25) is 0 Å². The van der Waals surface area contributed by atoms with Crippen LogP contribution in [0.25, 0.3) is 0 Å². The molecule has 0 bridgehead atoms. The van der Waals surface area contributed by atoms with E-state index in [0.717, 1.165) is 0 Å². The van der Waals surface area contributed by atoms with Gasteiger partial charge in [-0.1, -0.05) is 36.9 Å². The molecule has 2 nitrogen and oxygen atoms in total. The molecule has 0 aliphatic rings. The minimum Gasteiger partial charge on any atom is -0.451 e. The molecule has 0 fully saturated rings. The fourth-order valence-corrected chi connectivity index (χ4v) is 1.31. The number of esters is 1. The summed E-state index contributed by atoms with van der Waals surface area (Å²) in [4.78, 5) is 11.3. The summed E-state index contributed by atoms with van der Waals surface area (Å²) >= 11 is 0. The Kier molecular flexibility index (Phi) is 3.84. The molecule has 0 aliphatic carbocycles. The first-order valence-electron chi connectivity index (χ1n) is 5.19. The van der Waals surface area contributed by atoms with Gasteiger partial charge in [-0.25, -0.2) is 4.79 Å². The maximum Gasteiger partial charge on any atom is 0.422 e. The molecular formula is C13H13F3O2. The van der Waals surface area contributed by atoms with E-state index >= 15 is 0 Å². The van der Waals surface area contributed by atoms with E-state index in [1.165, 1.54) is 13.8 Å². The molecule has 0 saturated heterocycles. The molecule has 0 aromatic heterocycles. The van der Waals surface area contributed by atoms with Gasteiger partial charge in [0.2, 0.25) is 0 Å². The maximum absolute atomic E-state index is 12.3. The summed E-state index contributed by atoms with van der Waals surface area (Å²) in [5, 5.41) is 0. The van der Waals surface area contributed by atoms with Gasteiger partial charge in [-0.05, 0) is 19.4 Å². The van der Waals surface area contributed by atoms with E-state index in [1.54, 1.807) is 30.3 Å². The number of hydrogen-bond acceptors (Lipinski definition) is 2. The summed E-state index contributed by atoms with van der Waals surface area (Å²) in [6.45, 7) is 5.74. The molecule has 0 saturated carbocycles. The Morgan fingerprint density at radius 1 is 1.17 bits per heavy atom. The summed E-state index contributed by atoms with van der Waals surface area (Å²) < 4.78 is 41.7. The van der Waals surface area contributed by atoms with Gasteiger partial charge in [-0.2, -0.15) is 13.2 Å². The molecular weight excluding hydrogens is 245 g/mol. The van der Waals surface area contributed by atoms with Gasteiger partial charge in [0.15, 0.2) is 0 Å². The number of carbonyl (C=O) groups is 1. The fourth-order valence-electron chi connectivity index (χ4n) is 1.31. The van der Waals surface area contributed by atoms with Gasteiger partial charge < -0.3 is 4.74 Å². The van der Waals surface area contributed by atoms with Crippen LogP contribution >= 0.6 is 0 Å². The zero-order valence-electron chi connectivity index (χ0n) is 10.0. The van der Waals surface area contributed by atoms with E-state index in [9.17, 15) is 18.0 Å². The molecule has 1 rings (SSSR count). The monoisotopic (exact) mass is 258 g/mol. The van der Waals surface area contributed by atoms with Crippen molar-refractivity contribution in [2.45, 2.75) is 25.6 Å². The molecule has 0 unspecified atom stereocenters. The van der Waals surface area contributed by atoms with Gasteiger partial charge in [-0.15, -0.1) is 0 Å². The van der Waals surface area contributed by atoms with Crippen LogP contribution in [0.3, 0.4) is 0 Å². The quantitative estimate of drug-likeness (QED) is 0.611. The van der Waals surface area contributed by atoms with Gasteiger partial charge in [0, 0.05) is 0 Å². The van der Waals surface area contributed by atoms with E-state index in [2.05, 4.69) is 6.58 Å². The molecule has 0 spiro atoms. The molecule has 0 N–H and O–H groups in total. The second-order valence-corrected chi connectivity index (χ2v) is 4.24. The van der Waals surface area contributed by atoms with E-state index in [4.69, 9.17) is 4.74 Å². The molecule has 18 heavy (non-hydrogen) atoms. The van der Waals surface area contributed by atoms with Crippen LogP contribution in [-0.2, 0) is 15.1 Å². The highest BCUT2D eigenvalue weighted by atomic mass is 19.4. The molecule has 0 aliphatic heterocycles. The lowest BCUT2D eigenvalue weighted by atomic mass is 9.98. The number of rotatable bonds is 3. The van der Waals surface area contributed by atoms with Crippen molar-refractivity contribution >= 4 is 5.97 Å². The zero-order chi connectivity index (χ0) is 14.0. The van der Waals surface area contributed by atoms with Crippen LogP contribution in [0.1, 0.15) is 19.4 Å². The van der Waals surface area contributed by atoms with Crippen LogP contribution in [0.5, 0.6) is 0 Å². The topological polar surface area (TPSA) is 26.3 Å². The largest absolute Gasteiger partial charge is 0.451 e. The number of hydrogen-bond donors (Lipinski definition) is 0. The molecule has 0 radical (unpaired) electrons. The van der Waals surface area contributed by atoms with Gasteiger partial charge >= 0.3 is 12.1 Å². The number of alkyl halides is 3. The minimum atomic E-state index is -4.77. The molecule has 1 aromatic carbocycles. The Hall–Kier alpha value is -1.78. The van der Waals surface area contributed by atoms with Crippen molar-refractivity contribution < 1.29 is 22.7 Å². The van der Waals surface area contributed by atoms with Crippen LogP contribution in [0.4, 0.5) is 13.2 Å². The van der Waals surface area contributed by atoms with Crippen molar-refractivity contribution in [2.75, 3.05) is 0 Å². The number of benzene rings is 1. The second kappa shape index (κ2) is 4.84. The summed E-state index contributed by atoms with van der Waals surface area (Å²) in [7, 11) is 0. The highest BCUT2D eigenvalue weighted by molar-refractivity contribution is 5.89. The Balaban J connectivity index is 2.85. The molecule has 0 atom stereocenters. The first-order chi connectivity index (χ1) is 8.14. The molecule has 5 heteroatoms. The molecule has 1 aromatic rings. The Morgan fingerprint density at radius 3 is 2.11 bits per heavy atom. The van der Waals surface area contributed by atoms with Crippen LogP contribution < -0.4 is 0 Å². The standard InChI is InChI=1S/C13H13F3O2/c1-9(13(14,15)16)11(17)18-12(2,3)10-7-5-4-6-8-10/h4-8H,1H2,2-3H3. The summed E-state index contributed by atoms with van der Waals surface area (Å²) in [5.74, 6) is -1.46. The highest BCUT2D eigenvalue weighted by Gasteiger charge is 2.40. The lowest BCUT2D eigenvalue weighted by molar-refractivity contribution is -0.162. The van der Waals surface area contributed by atoms with Crippen molar-refractivity contribution in [3.63, 3.8) is 0 Å². The third-order valence-electron chi connectivity index (χ3n) is 2.41. The van der Waals surface area contributed by atoms with E-state index in [1.807, 2.05) is 0 Å². The normalized spacial score (nSPS) is 12.1. The second-order valence-electron chi connectivity index (χ2n) is 4.24. The van der Waals surface area contributed by atoms with Crippen molar-refractivity contribution in [1.29, 1.82) is 0 Å². The van der Waals surface area contributed by atoms with Crippen LogP contribution in [0.2, 0.25) is 0 Å². The van der Waals surface area contributed by atoms with Crippen molar-refractivity contribution in [1.82, 2.24) is 0 Å². The first-order valence-corrected chi connectivity index (χ1v) is 5.19. The Labute approximate surface area is 103 Å². The van der Waals surface area contributed by atoms with E-state index in [0.29, 0.717) is 5.56 Å². The zero-order valence-corrected chi connectivity index (χ0v) is 10.0. The van der Waals surface area contributed by atoms with Crippen LogP contribution in [-0.4, -0.2) is 12.1 Å². The van der Waals surface area contributed by atoms with Crippen LogP contribution in [0.15, 0.2) is 42.5 Å². The molecule has 98 valence electrons. The third-order valence-corrected chi connectivity index (χ3v) is 2.41. The molecule has 0 amide bonds. The van der Waals surface area contributed by atoms with Crippen LogP contribution in [0, 0.1) is 0 Å². The number of ether oxygens (including phenoxy) is 1. The minimum absolute atomic E-state index is 0.605. The van der Waals surface area contributed by atoms with Crippen molar-refractivity contribution in [3.05, 3.63) is 48.0 Å². The lowest BCUT2D eigenvalue weighted by Gasteiger charge is -2.26. The van der Waals surface area contributed by atoms with Crippen molar-refractivity contribution in [3.8, 4) is 0 Å². The maximum atomic E-state index is 12.3.